The Kier molecular flexibility index (Phi) is 11.7. The van der Waals surface area contributed by atoms with Crippen molar-refractivity contribution in [3.8, 4) is 0 Å². The monoisotopic (exact) mass is 313 g/mol. The zero-order valence-electron chi connectivity index (χ0n) is 10.9. The van der Waals surface area contributed by atoms with Crippen LogP contribution in [-0.2, 0) is 17.8 Å². The molecule has 0 fully saturated rings. The van der Waals surface area contributed by atoms with Crippen molar-refractivity contribution in [1.29, 1.82) is 0 Å². The number of hydrogen-bond acceptors (Lipinski definition) is 4. The molecule has 1 unspecified atom stereocenters. The van der Waals surface area contributed by atoms with Crippen LogP contribution in [0.15, 0.2) is 6.20 Å². The molecular weight excluding hydrogens is 293 g/mol. The van der Waals surface area contributed by atoms with Crippen molar-refractivity contribution >= 4 is 42.1 Å². The van der Waals surface area contributed by atoms with Crippen molar-refractivity contribution in [2.45, 2.75) is 26.8 Å². The Hall–Kier alpha value is -0.360. The van der Waals surface area contributed by atoms with E-state index in [2.05, 4.69) is 22.5 Å². The van der Waals surface area contributed by atoms with Crippen LogP contribution in [0.4, 0.5) is 0 Å². The van der Waals surface area contributed by atoms with Gasteiger partial charge in [0.05, 0.1) is 6.54 Å². The minimum Gasteiger partial charge on any atom is -0.349 e. The highest BCUT2D eigenvalue weighted by Crippen LogP contribution is 2.12. The standard InChI is InChI=1S/C11H19N3OS.2ClH/c1-4-9-6-13-10(16-9)7-14-11(15)8(2)5-12-3;;/h6,8,12H,4-5,7H2,1-3H3,(H,14,15);2*1H. The van der Waals surface area contributed by atoms with Gasteiger partial charge in [-0.3, -0.25) is 4.79 Å². The second-order valence-corrected chi connectivity index (χ2v) is 4.95. The second kappa shape index (κ2) is 10.6. The van der Waals surface area contributed by atoms with Crippen molar-refractivity contribution < 1.29 is 4.79 Å². The van der Waals surface area contributed by atoms with E-state index in [4.69, 9.17) is 0 Å². The molecule has 0 aliphatic carbocycles. The van der Waals surface area contributed by atoms with Gasteiger partial charge >= 0.3 is 0 Å². The lowest BCUT2D eigenvalue weighted by atomic mass is 10.1. The van der Waals surface area contributed by atoms with Gasteiger partial charge in [-0.25, -0.2) is 4.98 Å². The van der Waals surface area contributed by atoms with Gasteiger partial charge in [-0.05, 0) is 13.5 Å². The fourth-order valence-electron chi connectivity index (χ4n) is 1.33. The van der Waals surface area contributed by atoms with Crippen LogP contribution in [0.5, 0.6) is 0 Å². The van der Waals surface area contributed by atoms with Gasteiger partial charge in [-0.15, -0.1) is 36.2 Å². The Labute approximate surface area is 125 Å². The van der Waals surface area contributed by atoms with Gasteiger partial charge in [0.2, 0.25) is 5.91 Å². The van der Waals surface area contributed by atoms with E-state index in [0.717, 1.165) is 11.4 Å². The van der Waals surface area contributed by atoms with Crippen molar-refractivity contribution in [1.82, 2.24) is 15.6 Å². The highest BCUT2D eigenvalue weighted by atomic mass is 35.5. The van der Waals surface area contributed by atoms with Crippen LogP contribution in [0.25, 0.3) is 0 Å². The highest BCUT2D eigenvalue weighted by Gasteiger charge is 2.11. The first-order valence-electron chi connectivity index (χ1n) is 5.53. The van der Waals surface area contributed by atoms with Crippen molar-refractivity contribution in [2.75, 3.05) is 13.6 Å². The topological polar surface area (TPSA) is 54.0 Å². The van der Waals surface area contributed by atoms with E-state index in [1.807, 2.05) is 20.2 Å². The van der Waals surface area contributed by atoms with Gasteiger partial charge in [0.25, 0.3) is 0 Å². The molecule has 0 saturated heterocycles. The number of hydrogen-bond donors (Lipinski definition) is 2. The first kappa shape index (κ1) is 20.0. The maximum absolute atomic E-state index is 11.6. The third kappa shape index (κ3) is 6.54. The number of nitrogens with zero attached hydrogens (tertiary/aromatic N) is 1. The molecule has 0 spiro atoms. The molecule has 4 nitrogen and oxygen atoms in total. The summed E-state index contributed by atoms with van der Waals surface area (Å²) in [5.41, 5.74) is 0. The Morgan fingerprint density at radius 3 is 2.67 bits per heavy atom. The summed E-state index contributed by atoms with van der Waals surface area (Å²) in [6.07, 6.45) is 2.88. The summed E-state index contributed by atoms with van der Waals surface area (Å²) >= 11 is 1.66. The molecule has 2 N–H and O–H groups in total. The van der Waals surface area contributed by atoms with Gasteiger partial charge in [0.1, 0.15) is 5.01 Å². The smallest absolute Gasteiger partial charge is 0.224 e. The summed E-state index contributed by atoms with van der Waals surface area (Å²) in [7, 11) is 1.85. The van der Waals surface area contributed by atoms with E-state index in [1.54, 1.807) is 11.3 Å². The largest absolute Gasteiger partial charge is 0.349 e. The number of carbonyl (C=O) groups is 1. The van der Waals surface area contributed by atoms with E-state index in [-0.39, 0.29) is 36.6 Å². The molecule has 18 heavy (non-hydrogen) atoms. The molecule has 0 aromatic carbocycles. The molecule has 1 rings (SSSR count). The van der Waals surface area contributed by atoms with Gasteiger partial charge in [0.15, 0.2) is 0 Å². The average Bonchev–Trinajstić information content (AvgIpc) is 2.74. The number of aromatic nitrogens is 1. The zero-order chi connectivity index (χ0) is 12.0. The molecule has 1 aromatic heterocycles. The summed E-state index contributed by atoms with van der Waals surface area (Å²) in [5.74, 6) is 0.0678. The van der Waals surface area contributed by atoms with Crippen LogP contribution in [0, 0.1) is 5.92 Å². The first-order chi connectivity index (χ1) is 7.67. The predicted molar refractivity (Wildman–Crippen MR) is 80.9 cm³/mol. The van der Waals surface area contributed by atoms with Gasteiger partial charge in [0, 0.05) is 23.5 Å². The molecule has 1 amide bonds. The number of nitrogens with one attached hydrogen (secondary N) is 2. The Morgan fingerprint density at radius 2 is 2.17 bits per heavy atom. The van der Waals surface area contributed by atoms with E-state index in [0.29, 0.717) is 13.1 Å². The fourth-order valence-corrected chi connectivity index (χ4v) is 2.13. The summed E-state index contributed by atoms with van der Waals surface area (Å²) in [5, 5.41) is 6.85. The number of carbonyl (C=O) groups excluding carboxylic acids is 1. The van der Waals surface area contributed by atoms with Crippen LogP contribution in [0.2, 0.25) is 0 Å². The SMILES string of the molecule is CCc1cnc(CNC(=O)C(C)CNC)s1.Cl.Cl. The fraction of sp³-hybridized carbons (Fsp3) is 0.636. The third-order valence-corrected chi connectivity index (χ3v) is 3.46. The zero-order valence-corrected chi connectivity index (χ0v) is 13.3. The molecule has 106 valence electrons. The second-order valence-electron chi connectivity index (χ2n) is 3.75. The molecule has 0 saturated carbocycles. The summed E-state index contributed by atoms with van der Waals surface area (Å²) in [4.78, 5) is 17.1. The van der Waals surface area contributed by atoms with Gasteiger partial charge in [-0.2, -0.15) is 0 Å². The molecule has 0 radical (unpaired) electrons. The highest BCUT2D eigenvalue weighted by molar-refractivity contribution is 7.11. The third-order valence-electron chi connectivity index (χ3n) is 2.32. The summed E-state index contributed by atoms with van der Waals surface area (Å²) in [6.45, 7) is 5.25. The molecule has 1 heterocycles. The van der Waals surface area contributed by atoms with Crippen LogP contribution >= 0.6 is 36.2 Å². The molecule has 0 bridgehead atoms. The molecule has 0 aliphatic rings. The van der Waals surface area contributed by atoms with Crippen LogP contribution in [-0.4, -0.2) is 24.5 Å². The molecule has 1 atom stereocenters. The molecule has 0 aliphatic heterocycles. The summed E-state index contributed by atoms with van der Waals surface area (Å²) in [6, 6.07) is 0. The average molecular weight is 314 g/mol. The summed E-state index contributed by atoms with van der Waals surface area (Å²) < 4.78 is 0. The van der Waals surface area contributed by atoms with Crippen molar-refractivity contribution in [3.05, 3.63) is 16.1 Å². The van der Waals surface area contributed by atoms with Crippen molar-refractivity contribution in [2.24, 2.45) is 5.92 Å². The van der Waals surface area contributed by atoms with E-state index >= 15 is 0 Å². The Balaban J connectivity index is 0. The Morgan fingerprint density at radius 1 is 1.50 bits per heavy atom. The van der Waals surface area contributed by atoms with Crippen LogP contribution in [0.3, 0.4) is 0 Å². The molecule has 1 aromatic rings. The van der Waals surface area contributed by atoms with E-state index in [9.17, 15) is 4.79 Å². The van der Waals surface area contributed by atoms with Gasteiger partial charge < -0.3 is 10.6 Å². The number of rotatable bonds is 6. The van der Waals surface area contributed by atoms with Crippen LogP contribution < -0.4 is 10.6 Å². The lowest BCUT2D eigenvalue weighted by molar-refractivity contribution is -0.124. The number of aryl methyl sites for hydroxylation is 1. The number of amides is 1. The molecular formula is C11H21Cl2N3OS. The predicted octanol–water partition coefficient (Wildman–Crippen LogP) is 2.02. The maximum atomic E-state index is 11.6. The van der Waals surface area contributed by atoms with Crippen molar-refractivity contribution in [3.63, 3.8) is 0 Å². The number of halogens is 2. The first-order valence-corrected chi connectivity index (χ1v) is 6.34. The molecule has 7 heteroatoms. The lowest BCUT2D eigenvalue weighted by Crippen LogP contribution is -2.33. The Bertz CT molecular complexity index is 347. The van der Waals surface area contributed by atoms with E-state index in [1.165, 1.54) is 4.88 Å². The normalized spacial score (nSPS) is 11.1. The van der Waals surface area contributed by atoms with Crippen LogP contribution in [0.1, 0.15) is 23.7 Å². The van der Waals surface area contributed by atoms with Gasteiger partial charge in [-0.1, -0.05) is 13.8 Å². The maximum Gasteiger partial charge on any atom is 0.224 e. The minimum atomic E-state index is -0.00407. The quantitative estimate of drug-likeness (QED) is 0.845. The minimum absolute atomic E-state index is 0. The number of thiazole rings is 1. The lowest BCUT2D eigenvalue weighted by Gasteiger charge is -2.10. The van der Waals surface area contributed by atoms with E-state index < -0.39 is 0 Å².